The van der Waals surface area contributed by atoms with Crippen LogP contribution in [0.3, 0.4) is 0 Å². The van der Waals surface area contributed by atoms with Gasteiger partial charge in [0, 0.05) is 12.1 Å². The standard InChI is InChI=1S/C11H13NO/c1-7-3-4-8(2)11-9(7)5-6-10(13)12-11/h3-4H,5-6H2,1-2H3,(H,12,13). The average molecular weight is 175 g/mol. The summed E-state index contributed by atoms with van der Waals surface area (Å²) in [4.78, 5) is 11.2. The molecule has 1 aromatic carbocycles. The Bertz CT molecular complexity index is 369. The summed E-state index contributed by atoms with van der Waals surface area (Å²) in [6.07, 6.45) is 1.51. The summed E-state index contributed by atoms with van der Waals surface area (Å²) in [6.45, 7) is 4.12. The molecule has 2 rings (SSSR count). The number of rotatable bonds is 0. The zero-order chi connectivity index (χ0) is 9.42. The van der Waals surface area contributed by atoms with Crippen LogP contribution >= 0.6 is 0 Å². The van der Waals surface area contributed by atoms with Crippen molar-refractivity contribution in [2.75, 3.05) is 5.32 Å². The van der Waals surface area contributed by atoms with Crippen molar-refractivity contribution in [3.05, 3.63) is 28.8 Å². The lowest BCUT2D eigenvalue weighted by Crippen LogP contribution is -2.20. The highest BCUT2D eigenvalue weighted by molar-refractivity contribution is 5.95. The van der Waals surface area contributed by atoms with Crippen LogP contribution in [0.15, 0.2) is 12.1 Å². The fourth-order valence-corrected chi connectivity index (χ4v) is 1.81. The minimum absolute atomic E-state index is 0.140. The summed E-state index contributed by atoms with van der Waals surface area (Å²) < 4.78 is 0. The molecule has 2 nitrogen and oxygen atoms in total. The largest absolute Gasteiger partial charge is 0.326 e. The molecule has 0 saturated heterocycles. The molecule has 0 saturated carbocycles. The van der Waals surface area contributed by atoms with Gasteiger partial charge in [-0.25, -0.2) is 0 Å². The lowest BCUT2D eigenvalue weighted by Gasteiger charge is -2.20. The van der Waals surface area contributed by atoms with Crippen molar-refractivity contribution in [3.63, 3.8) is 0 Å². The van der Waals surface area contributed by atoms with Crippen LogP contribution in [0.1, 0.15) is 23.1 Å². The van der Waals surface area contributed by atoms with Crippen molar-refractivity contribution in [3.8, 4) is 0 Å². The number of aryl methyl sites for hydroxylation is 2. The number of hydrogen-bond acceptors (Lipinski definition) is 1. The van der Waals surface area contributed by atoms with Crippen LogP contribution in [0.25, 0.3) is 0 Å². The van der Waals surface area contributed by atoms with Crippen LogP contribution in [0.5, 0.6) is 0 Å². The number of anilines is 1. The molecular weight excluding hydrogens is 162 g/mol. The van der Waals surface area contributed by atoms with Crippen molar-refractivity contribution in [2.24, 2.45) is 0 Å². The molecule has 0 aromatic heterocycles. The molecule has 0 radical (unpaired) electrons. The highest BCUT2D eigenvalue weighted by Crippen LogP contribution is 2.28. The SMILES string of the molecule is Cc1ccc(C)c2c1CCC(=O)N2. The van der Waals surface area contributed by atoms with E-state index in [-0.39, 0.29) is 5.91 Å². The predicted octanol–water partition coefficient (Wildman–Crippen LogP) is 2.19. The van der Waals surface area contributed by atoms with Gasteiger partial charge in [0.2, 0.25) is 5.91 Å². The van der Waals surface area contributed by atoms with Gasteiger partial charge in [-0.15, -0.1) is 0 Å². The van der Waals surface area contributed by atoms with E-state index in [0.717, 1.165) is 17.7 Å². The second kappa shape index (κ2) is 2.87. The van der Waals surface area contributed by atoms with Gasteiger partial charge in [0.05, 0.1) is 0 Å². The summed E-state index contributed by atoms with van der Waals surface area (Å²) in [5.74, 6) is 0.140. The molecule has 68 valence electrons. The summed E-state index contributed by atoms with van der Waals surface area (Å²) in [7, 11) is 0. The van der Waals surface area contributed by atoms with Gasteiger partial charge in [-0.05, 0) is 37.0 Å². The predicted molar refractivity (Wildman–Crippen MR) is 52.9 cm³/mol. The first-order chi connectivity index (χ1) is 6.18. The maximum Gasteiger partial charge on any atom is 0.224 e. The van der Waals surface area contributed by atoms with Gasteiger partial charge < -0.3 is 5.32 Å². The molecule has 1 aromatic rings. The van der Waals surface area contributed by atoms with Gasteiger partial charge in [-0.3, -0.25) is 4.79 Å². The Morgan fingerprint density at radius 3 is 2.62 bits per heavy atom. The van der Waals surface area contributed by atoms with Crippen LogP contribution in [-0.4, -0.2) is 5.91 Å². The van der Waals surface area contributed by atoms with Crippen LogP contribution < -0.4 is 5.32 Å². The van der Waals surface area contributed by atoms with Crippen LogP contribution in [0, 0.1) is 13.8 Å². The first-order valence-corrected chi connectivity index (χ1v) is 4.57. The van der Waals surface area contributed by atoms with Crippen molar-refractivity contribution in [1.29, 1.82) is 0 Å². The van der Waals surface area contributed by atoms with E-state index in [1.807, 2.05) is 6.92 Å². The Labute approximate surface area is 78.0 Å². The highest BCUT2D eigenvalue weighted by atomic mass is 16.1. The Hall–Kier alpha value is -1.31. The Morgan fingerprint density at radius 1 is 1.15 bits per heavy atom. The highest BCUT2D eigenvalue weighted by Gasteiger charge is 2.17. The van der Waals surface area contributed by atoms with E-state index in [2.05, 4.69) is 24.4 Å². The molecule has 0 bridgehead atoms. The van der Waals surface area contributed by atoms with E-state index in [4.69, 9.17) is 0 Å². The Balaban J connectivity index is 2.57. The molecule has 0 fully saturated rings. The number of benzene rings is 1. The minimum Gasteiger partial charge on any atom is -0.326 e. The van der Waals surface area contributed by atoms with Gasteiger partial charge in [0.1, 0.15) is 0 Å². The molecule has 1 aliphatic heterocycles. The lowest BCUT2D eigenvalue weighted by atomic mass is 9.95. The molecule has 0 aliphatic carbocycles. The fourth-order valence-electron chi connectivity index (χ4n) is 1.81. The normalized spacial score (nSPS) is 15.1. The summed E-state index contributed by atoms with van der Waals surface area (Å²) >= 11 is 0. The second-order valence-electron chi connectivity index (χ2n) is 3.60. The average Bonchev–Trinajstić information content (AvgIpc) is 2.12. The summed E-state index contributed by atoms with van der Waals surface area (Å²) in [6, 6.07) is 4.17. The fraction of sp³-hybridized carbons (Fsp3) is 0.364. The molecule has 1 aliphatic rings. The topological polar surface area (TPSA) is 29.1 Å². The van der Waals surface area contributed by atoms with Crippen LogP contribution in [0.4, 0.5) is 5.69 Å². The number of hydrogen-bond donors (Lipinski definition) is 1. The van der Waals surface area contributed by atoms with Crippen LogP contribution in [0.2, 0.25) is 0 Å². The number of carbonyl (C=O) groups is 1. The summed E-state index contributed by atoms with van der Waals surface area (Å²) in [5.41, 5.74) is 4.78. The smallest absolute Gasteiger partial charge is 0.224 e. The van der Waals surface area contributed by atoms with E-state index < -0.39 is 0 Å². The van der Waals surface area contributed by atoms with Crippen LogP contribution in [-0.2, 0) is 11.2 Å². The number of amides is 1. The molecule has 0 unspecified atom stereocenters. The monoisotopic (exact) mass is 175 g/mol. The van der Waals surface area contributed by atoms with E-state index >= 15 is 0 Å². The maximum atomic E-state index is 11.2. The quantitative estimate of drug-likeness (QED) is 0.643. The molecule has 13 heavy (non-hydrogen) atoms. The van der Waals surface area contributed by atoms with E-state index in [0.29, 0.717) is 6.42 Å². The number of nitrogens with one attached hydrogen (secondary N) is 1. The zero-order valence-corrected chi connectivity index (χ0v) is 7.98. The third-order valence-corrected chi connectivity index (χ3v) is 2.62. The molecule has 0 atom stereocenters. The van der Waals surface area contributed by atoms with Gasteiger partial charge in [-0.1, -0.05) is 12.1 Å². The molecule has 1 heterocycles. The third-order valence-electron chi connectivity index (χ3n) is 2.62. The van der Waals surface area contributed by atoms with Gasteiger partial charge in [0.25, 0.3) is 0 Å². The molecule has 2 heteroatoms. The van der Waals surface area contributed by atoms with Gasteiger partial charge in [0.15, 0.2) is 0 Å². The molecule has 1 amide bonds. The van der Waals surface area contributed by atoms with E-state index in [1.165, 1.54) is 11.1 Å². The molecule has 1 N–H and O–H groups in total. The zero-order valence-electron chi connectivity index (χ0n) is 7.98. The second-order valence-corrected chi connectivity index (χ2v) is 3.60. The van der Waals surface area contributed by atoms with Crippen molar-refractivity contribution >= 4 is 11.6 Å². The van der Waals surface area contributed by atoms with Crippen molar-refractivity contribution in [1.82, 2.24) is 0 Å². The number of carbonyl (C=O) groups excluding carboxylic acids is 1. The molecular formula is C11H13NO. The minimum atomic E-state index is 0.140. The van der Waals surface area contributed by atoms with Gasteiger partial charge >= 0.3 is 0 Å². The molecule has 0 spiro atoms. The van der Waals surface area contributed by atoms with E-state index in [1.54, 1.807) is 0 Å². The third kappa shape index (κ3) is 1.32. The number of fused-ring (bicyclic) bond motifs is 1. The summed E-state index contributed by atoms with van der Waals surface area (Å²) in [5, 5.41) is 2.93. The lowest BCUT2D eigenvalue weighted by molar-refractivity contribution is -0.116. The van der Waals surface area contributed by atoms with Crippen molar-refractivity contribution < 1.29 is 4.79 Å². The van der Waals surface area contributed by atoms with Gasteiger partial charge in [-0.2, -0.15) is 0 Å². The van der Waals surface area contributed by atoms with E-state index in [9.17, 15) is 4.79 Å². The maximum absolute atomic E-state index is 11.2. The Kier molecular flexibility index (Phi) is 1.83. The first-order valence-electron chi connectivity index (χ1n) is 4.57. The van der Waals surface area contributed by atoms with Crippen molar-refractivity contribution in [2.45, 2.75) is 26.7 Å². The first kappa shape index (κ1) is 8.30. The Morgan fingerprint density at radius 2 is 1.85 bits per heavy atom.